The van der Waals surface area contributed by atoms with Crippen molar-refractivity contribution in [1.29, 1.82) is 0 Å². The van der Waals surface area contributed by atoms with E-state index in [0.717, 1.165) is 23.7 Å². The Kier molecular flexibility index (Phi) is 4.68. The van der Waals surface area contributed by atoms with Gasteiger partial charge in [-0.3, -0.25) is 4.79 Å². The van der Waals surface area contributed by atoms with E-state index >= 15 is 0 Å². The third-order valence-corrected chi connectivity index (χ3v) is 6.48. The molecule has 2 aliphatic carbocycles. The first-order valence-corrected chi connectivity index (χ1v) is 10.8. The third-order valence-electron chi connectivity index (χ3n) is 6.48. The van der Waals surface area contributed by atoms with Gasteiger partial charge in [0.2, 0.25) is 5.89 Å². The maximum atomic E-state index is 12.9. The summed E-state index contributed by atoms with van der Waals surface area (Å²) in [5.74, 6) is 2.60. The summed E-state index contributed by atoms with van der Waals surface area (Å²) < 4.78 is 7.42. The van der Waals surface area contributed by atoms with Crippen molar-refractivity contribution in [2.75, 3.05) is 0 Å². The molecule has 3 aromatic rings. The zero-order chi connectivity index (χ0) is 20.8. The number of hydrogen-bond acceptors (Lipinski definition) is 5. The maximum absolute atomic E-state index is 12.9. The first-order chi connectivity index (χ1) is 14.5. The average molecular weight is 406 g/mol. The van der Waals surface area contributed by atoms with Crippen LogP contribution in [0, 0.1) is 18.8 Å². The van der Waals surface area contributed by atoms with E-state index in [1.54, 1.807) is 6.92 Å². The molecule has 0 spiro atoms. The molecule has 0 radical (unpaired) electrons. The zero-order valence-electron chi connectivity index (χ0n) is 17.6. The molecule has 1 N–H and O–H groups in total. The molecule has 2 bridgehead atoms. The van der Waals surface area contributed by atoms with Crippen molar-refractivity contribution in [2.45, 2.75) is 58.4 Å². The van der Waals surface area contributed by atoms with Gasteiger partial charge in [-0.15, -0.1) is 10.2 Å². The highest BCUT2D eigenvalue weighted by Crippen LogP contribution is 2.44. The largest absolute Gasteiger partial charge is 0.420 e. The second kappa shape index (κ2) is 7.38. The molecule has 2 aliphatic rings. The minimum atomic E-state index is 0.000373. The average Bonchev–Trinajstić information content (AvgIpc) is 3.51. The van der Waals surface area contributed by atoms with Crippen molar-refractivity contribution in [3.8, 4) is 17.3 Å². The quantitative estimate of drug-likeness (QED) is 0.685. The van der Waals surface area contributed by atoms with Crippen LogP contribution in [0.25, 0.3) is 17.3 Å². The van der Waals surface area contributed by atoms with Gasteiger partial charge in [-0.2, -0.15) is 5.10 Å². The number of nitrogens with one attached hydrogen (secondary N) is 1. The van der Waals surface area contributed by atoms with Gasteiger partial charge in [0.25, 0.3) is 11.8 Å². The number of aryl methyl sites for hydroxylation is 1. The first-order valence-electron chi connectivity index (χ1n) is 10.8. The highest BCUT2D eigenvalue weighted by atomic mass is 16.4. The lowest BCUT2D eigenvalue weighted by Gasteiger charge is -2.23. The molecule has 1 aromatic carbocycles. The van der Waals surface area contributed by atoms with Crippen molar-refractivity contribution in [2.24, 2.45) is 11.8 Å². The summed E-state index contributed by atoms with van der Waals surface area (Å²) in [7, 11) is 0. The summed E-state index contributed by atoms with van der Waals surface area (Å²) in [6, 6.07) is 9.95. The van der Waals surface area contributed by atoms with Gasteiger partial charge >= 0.3 is 0 Å². The second-order valence-electron chi connectivity index (χ2n) is 8.95. The topological polar surface area (TPSA) is 85.8 Å². The predicted octanol–water partition coefficient (Wildman–Crippen LogP) is 4.27. The summed E-state index contributed by atoms with van der Waals surface area (Å²) in [6.07, 6.45) is 4.97. The smallest absolute Gasteiger partial charge is 0.268 e. The van der Waals surface area contributed by atoms with E-state index in [0.29, 0.717) is 35.0 Å². The fourth-order valence-electron chi connectivity index (χ4n) is 4.97. The van der Waals surface area contributed by atoms with Crippen molar-refractivity contribution in [3.63, 3.8) is 0 Å². The number of amides is 1. The van der Waals surface area contributed by atoms with E-state index in [9.17, 15) is 4.79 Å². The summed E-state index contributed by atoms with van der Waals surface area (Å²) in [5, 5.41) is 16.0. The van der Waals surface area contributed by atoms with Gasteiger partial charge < -0.3 is 9.73 Å². The standard InChI is InChI=1S/C23H27N5O2/c1-13(2)21-12-20(23-26-25-14(3)30-23)27-28(21)18-6-4-5-17(11-18)22(29)24-19-10-15-7-8-16(19)9-15/h4-6,11-13,15-16,19H,7-10H2,1-3H3,(H,24,29)/t15-,16+,19-/m0/s1. The first kappa shape index (κ1) is 19.0. The molecular weight excluding hydrogens is 378 g/mol. The second-order valence-corrected chi connectivity index (χ2v) is 8.95. The van der Waals surface area contributed by atoms with Crippen LogP contribution < -0.4 is 5.32 Å². The van der Waals surface area contributed by atoms with Crippen LogP contribution in [0.15, 0.2) is 34.7 Å². The van der Waals surface area contributed by atoms with Crippen LogP contribution in [0.1, 0.15) is 67.4 Å². The number of benzene rings is 1. The lowest BCUT2D eigenvalue weighted by Crippen LogP contribution is -2.38. The van der Waals surface area contributed by atoms with Gasteiger partial charge in [0, 0.05) is 24.2 Å². The van der Waals surface area contributed by atoms with Gasteiger partial charge in [0.05, 0.1) is 5.69 Å². The Morgan fingerprint density at radius 3 is 2.73 bits per heavy atom. The lowest BCUT2D eigenvalue weighted by molar-refractivity contribution is 0.0923. The Hall–Kier alpha value is -2.96. The summed E-state index contributed by atoms with van der Waals surface area (Å²) in [4.78, 5) is 12.9. The normalized spacial score (nSPS) is 22.7. The highest BCUT2D eigenvalue weighted by Gasteiger charge is 2.40. The molecule has 30 heavy (non-hydrogen) atoms. The van der Waals surface area contributed by atoms with Crippen molar-refractivity contribution >= 4 is 5.91 Å². The molecular formula is C23H27N5O2. The number of hydrogen-bond donors (Lipinski definition) is 1. The van der Waals surface area contributed by atoms with E-state index in [-0.39, 0.29) is 11.8 Å². The van der Waals surface area contributed by atoms with Crippen molar-refractivity contribution in [1.82, 2.24) is 25.3 Å². The molecule has 7 nitrogen and oxygen atoms in total. The molecule has 2 aromatic heterocycles. The van der Waals surface area contributed by atoms with Gasteiger partial charge in [0.15, 0.2) is 0 Å². The molecule has 0 saturated heterocycles. The molecule has 0 aliphatic heterocycles. The molecule has 2 saturated carbocycles. The van der Waals surface area contributed by atoms with Gasteiger partial charge in [0.1, 0.15) is 5.69 Å². The third kappa shape index (κ3) is 3.42. The minimum Gasteiger partial charge on any atom is -0.420 e. The highest BCUT2D eigenvalue weighted by molar-refractivity contribution is 5.95. The molecule has 7 heteroatoms. The Balaban J connectivity index is 1.43. The predicted molar refractivity (Wildman–Crippen MR) is 112 cm³/mol. The number of carbonyl (C=O) groups excluding carboxylic acids is 1. The van der Waals surface area contributed by atoms with Gasteiger partial charge in [-0.25, -0.2) is 4.68 Å². The molecule has 1 amide bonds. The summed E-state index contributed by atoms with van der Waals surface area (Å²) in [6.45, 7) is 5.99. The number of carbonyl (C=O) groups is 1. The Labute approximate surface area is 175 Å². The van der Waals surface area contributed by atoms with E-state index in [4.69, 9.17) is 9.52 Å². The van der Waals surface area contributed by atoms with Gasteiger partial charge in [-0.05, 0) is 61.3 Å². The molecule has 2 fully saturated rings. The minimum absolute atomic E-state index is 0.000373. The van der Waals surface area contributed by atoms with Crippen LogP contribution in [0.3, 0.4) is 0 Å². The number of nitrogens with zero attached hydrogens (tertiary/aromatic N) is 4. The van der Waals surface area contributed by atoms with Crippen LogP contribution >= 0.6 is 0 Å². The zero-order valence-corrected chi connectivity index (χ0v) is 17.6. The van der Waals surface area contributed by atoms with Crippen LogP contribution in [-0.2, 0) is 0 Å². The Morgan fingerprint density at radius 2 is 2.07 bits per heavy atom. The lowest BCUT2D eigenvalue weighted by atomic mass is 9.95. The maximum Gasteiger partial charge on any atom is 0.268 e. The summed E-state index contributed by atoms with van der Waals surface area (Å²) >= 11 is 0. The van der Waals surface area contributed by atoms with E-state index in [2.05, 4.69) is 29.4 Å². The van der Waals surface area contributed by atoms with E-state index in [1.165, 1.54) is 19.3 Å². The van der Waals surface area contributed by atoms with Crippen molar-refractivity contribution in [3.05, 3.63) is 47.5 Å². The molecule has 5 rings (SSSR count). The molecule has 3 atom stereocenters. The van der Waals surface area contributed by atoms with Crippen LogP contribution in [0.5, 0.6) is 0 Å². The van der Waals surface area contributed by atoms with Crippen LogP contribution in [-0.4, -0.2) is 31.9 Å². The van der Waals surface area contributed by atoms with Crippen LogP contribution in [0.2, 0.25) is 0 Å². The number of aromatic nitrogens is 4. The monoisotopic (exact) mass is 405 g/mol. The van der Waals surface area contributed by atoms with Crippen molar-refractivity contribution < 1.29 is 9.21 Å². The van der Waals surface area contributed by atoms with Crippen LogP contribution in [0.4, 0.5) is 0 Å². The SMILES string of the molecule is Cc1nnc(-c2cc(C(C)C)n(-c3cccc(C(=O)N[C@H]4C[C@H]5CC[C@@H]4C5)c3)n2)o1. The van der Waals surface area contributed by atoms with Gasteiger partial charge in [-0.1, -0.05) is 26.3 Å². The molecule has 0 unspecified atom stereocenters. The fraction of sp³-hybridized carbons (Fsp3) is 0.478. The molecule has 2 heterocycles. The molecule has 156 valence electrons. The Bertz CT molecular complexity index is 1080. The summed E-state index contributed by atoms with van der Waals surface area (Å²) in [5.41, 5.74) is 3.17. The number of fused-ring (bicyclic) bond motifs is 2. The number of rotatable bonds is 5. The Morgan fingerprint density at radius 1 is 1.20 bits per heavy atom. The fourth-order valence-corrected chi connectivity index (χ4v) is 4.97. The van der Waals surface area contributed by atoms with E-state index in [1.807, 2.05) is 35.0 Å². The van der Waals surface area contributed by atoms with E-state index < -0.39 is 0 Å².